The molecule has 0 aliphatic heterocycles. The maximum Gasteiger partial charge on any atom is 0.312 e. The van der Waals surface area contributed by atoms with Crippen molar-refractivity contribution in [2.45, 2.75) is 39.7 Å². The summed E-state index contributed by atoms with van der Waals surface area (Å²) >= 11 is 0. The molecule has 1 N–H and O–H groups in total. The molecule has 2 aromatic rings. The number of nitrogens with one attached hydrogen (secondary N) is 1. The van der Waals surface area contributed by atoms with Crippen LogP contribution in [-0.2, 0) is 19.6 Å². The van der Waals surface area contributed by atoms with Gasteiger partial charge in [0.1, 0.15) is 0 Å². The van der Waals surface area contributed by atoms with E-state index in [-0.39, 0.29) is 10.8 Å². The van der Waals surface area contributed by atoms with Gasteiger partial charge in [0.05, 0.1) is 18.3 Å². The molecule has 0 saturated carbocycles. The zero-order valence-electron chi connectivity index (χ0n) is 18.0. The van der Waals surface area contributed by atoms with Gasteiger partial charge in [-0.25, -0.2) is 12.8 Å². The predicted molar refractivity (Wildman–Crippen MR) is 120 cm³/mol. The lowest BCUT2D eigenvalue weighted by Gasteiger charge is -2.44. The minimum Gasteiger partial charge on any atom is -0.469 e. The first kappa shape index (κ1) is 23.3. The molecule has 158 valence electrons. The molecule has 0 fully saturated rings. The predicted octanol–water partition coefficient (Wildman–Crippen LogP) is 2.67. The van der Waals surface area contributed by atoms with Crippen LogP contribution in [-0.4, -0.2) is 35.5 Å². The average molecular weight is 434 g/mol. The minimum absolute atomic E-state index is 0.350. The summed E-state index contributed by atoms with van der Waals surface area (Å²) in [7, 11) is -5.57. The molecule has 7 heteroatoms. The van der Waals surface area contributed by atoms with Crippen molar-refractivity contribution in [2.75, 3.05) is 12.9 Å². The molecule has 0 amide bonds. The van der Waals surface area contributed by atoms with Crippen LogP contribution in [0.3, 0.4) is 0 Å². The summed E-state index contributed by atoms with van der Waals surface area (Å²) in [5.41, 5.74) is -1.16. The lowest BCUT2D eigenvalue weighted by molar-refractivity contribution is -0.149. The number of methoxy groups -OCH3 is 1. The Morgan fingerprint density at radius 2 is 1.31 bits per heavy atom. The zero-order valence-corrected chi connectivity index (χ0v) is 19.8. The number of carbonyl (C=O) groups excluding carboxylic acids is 1. The normalized spacial score (nSPS) is 13.2. The monoisotopic (exact) mass is 433 g/mol. The fraction of sp³-hybridized carbons (Fsp3) is 0.409. The topological polar surface area (TPSA) is 72.5 Å². The first-order valence-electron chi connectivity index (χ1n) is 9.57. The zero-order chi connectivity index (χ0) is 21.9. The van der Waals surface area contributed by atoms with Crippen LogP contribution in [0.15, 0.2) is 60.7 Å². The van der Waals surface area contributed by atoms with E-state index < -0.39 is 29.6 Å². The Morgan fingerprint density at radius 3 is 1.66 bits per heavy atom. The summed E-state index contributed by atoms with van der Waals surface area (Å²) in [6.45, 7) is 9.36. The minimum atomic E-state index is -3.82. The van der Waals surface area contributed by atoms with E-state index >= 15 is 0 Å². The molecule has 29 heavy (non-hydrogen) atoms. The second-order valence-corrected chi connectivity index (χ2v) is 15.5. The van der Waals surface area contributed by atoms with Crippen LogP contribution in [0.1, 0.15) is 34.6 Å². The standard InChI is InChI=1S/C22H31NO4SSi/c1-21(2,3)29(18-13-9-7-10-14-18,19-15-11-8-12-16-19)23-28(25,26)17-22(4,5)20(24)27-6/h7-16,23H,17H2,1-6H3. The highest BCUT2D eigenvalue weighted by molar-refractivity contribution is 7.91. The Hall–Kier alpha value is -1.96. The van der Waals surface area contributed by atoms with Crippen molar-refractivity contribution >= 4 is 34.6 Å². The quantitative estimate of drug-likeness (QED) is 0.538. The number of esters is 1. The van der Waals surface area contributed by atoms with Crippen molar-refractivity contribution in [3.63, 3.8) is 0 Å². The van der Waals surface area contributed by atoms with Gasteiger partial charge in [-0.2, -0.15) is 0 Å². The van der Waals surface area contributed by atoms with Gasteiger partial charge in [0.2, 0.25) is 18.3 Å². The van der Waals surface area contributed by atoms with Gasteiger partial charge in [0, 0.05) is 0 Å². The van der Waals surface area contributed by atoms with Crippen molar-refractivity contribution < 1.29 is 17.9 Å². The number of benzene rings is 2. The summed E-state index contributed by atoms with van der Waals surface area (Å²) in [4.78, 5) is 12.1. The summed E-state index contributed by atoms with van der Waals surface area (Å²) in [5, 5.41) is 1.56. The maximum absolute atomic E-state index is 13.4. The van der Waals surface area contributed by atoms with Gasteiger partial charge in [-0.3, -0.25) is 4.79 Å². The summed E-state index contributed by atoms with van der Waals surface area (Å²) in [6.07, 6.45) is 0. The van der Waals surface area contributed by atoms with Gasteiger partial charge in [-0.15, -0.1) is 0 Å². The molecular weight excluding hydrogens is 402 g/mol. The molecule has 0 unspecified atom stereocenters. The van der Waals surface area contributed by atoms with Crippen molar-refractivity contribution in [2.24, 2.45) is 5.41 Å². The Bertz CT molecular complexity index is 896. The molecule has 5 nitrogen and oxygen atoms in total. The fourth-order valence-corrected chi connectivity index (χ4v) is 12.6. The molecular formula is C22H31NO4SSi. The highest BCUT2D eigenvalue weighted by atomic mass is 32.2. The van der Waals surface area contributed by atoms with E-state index in [2.05, 4.69) is 25.2 Å². The number of sulfonamides is 1. The van der Waals surface area contributed by atoms with E-state index in [0.29, 0.717) is 0 Å². The second kappa shape index (κ2) is 8.42. The van der Waals surface area contributed by atoms with Gasteiger partial charge in [0.25, 0.3) is 0 Å². The number of ether oxygens (including phenoxy) is 1. The van der Waals surface area contributed by atoms with Crippen LogP contribution < -0.4 is 14.8 Å². The first-order chi connectivity index (χ1) is 13.4. The van der Waals surface area contributed by atoms with Crippen LogP contribution in [0.5, 0.6) is 0 Å². The molecule has 0 aliphatic carbocycles. The van der Waals surface area contributed by atoms with Crippen LogP contribution in [0.25, 0.3) is 0 Å². The number of hydrogen-bond acceptors (Lipinski definition) is 4. The summed E-state index contributed by atoms with van der Waals surface area (Å²) in [5.74, 6) is -0.901. The lowest BCUT2D eigenvalue weighted by Crippen LogP contribution is -2.75. The molecule has 2 aromatic carbocycles. The van der Waals surface area contributed by atoms with Crippen LogP contribution in [0.4, 0.5) is 0 Å². The third-order valence-electron chi connectivity index (χ3n) is 5.14. The molecule has 0 saturated heterocycles. The van der Waals surface area contributed by atoms with Crippen molar-refractivity contribution in [3.05, 3.63) is 60.7 Å². The van der Waals surface area contributed by atoms with Crippen LogP contribution >= 0.6 is 0 Å². The van der Waals surface area contributed by atoms with E-state index in [1.54, 1.807) is 13.8 Å². The molecule has 0 bridgehead atoms. The smallest absolute Gasteiger partial charge is 0.312 e. The molecule has 0 radical (unpaired) electrons. The van der Waals surface area contributed by atoms with Crippen molar-refractivity contribution in [1.29, 1.82) is 0 Å². The van der Waals surface area contributed by atoms with Crippen LogP contribution in [0, 0.1) is 5.41 Å². The van der Waals surface area contributed by atoms with E-state index in [9.17, 15) is 13.2 Å². The van der Waals surface area contributed by atoms with Gasteiger partial charge >= 0.3 is 5.97 Å². The van der Waals surface area contributed by atoms with Gasteiger partial charge in [-0.1, -0.05) is 81.4 Å². The Morgan fingerprint density at radius 1 is 0.897 bits per heavy atom. The maximum atomic E-state index is 13.4. The van der Waals surface area contributed by atoms with E-state index in [0.717, 1.165) is 10.4 Å². The first-order valence-corrected chi connectivity index (χ1v) is 13.2. The van der Waals surface area contributed by atoms with E-state index in [4.69, 9.17) is 4.74 Å². The third-order valence-corrected chi connectivity index (χ3v) is 13.4. The van der Waals surface area contributed by atoms with Crippen molar-refractivity contribution in [3.8, 4) is 0 Å². The Labute approximate surface area is 175 Å². The van der Waals surface area contributed by atoms with E-state index in [1.807, 2.05) is 60.7 Å². The lowest BCUT2D eigenvalue weighted by atomic mass is 9.97. The Balaban J connectivity index is 2.67. The Kier molecular flexibility index (Phi) is 6.77. The molecule has 0 atom stereocenters. The molecule has 0 aliphatic rings. The average Bonchev–Trinajstić information content (AvgIpc) is 2.65. The van der Waals surface area contributed by atoms with Gasteiger partial charge in [-0.05, 0) is 29.3 Å². The number of hydrogen-bond donors (Lipinski definition) is 1. The molecule has 2 rings (SSSR count). The molecule has 0 spiro atoms. The van der Waals surface area contributed by atoms with Gasteiger partial charge < -0.3 is 4.74 Å². The number of rotatable bonds is 7. The summed E-state index contributed by atoms with van der Waals surface area (Å²) < 4.78 is 34.7. The van der Waals surface area contributed by atoms with Crippen molar-refractivity contribution in [1.82, 2.24) is 4.39 Å². The largest absolute Gasteiger partial charge is 0.469 e. The second-order valence-electron chi connectivity index (χ2n) is 8.97. The summed E-state index contributed by atoms with van der Waals surface area (Å²) in [6, 6.07) is 19.5. The highest BCUT2D eigenvalue weighted by Gasteiger charge is 2.51. The van der Waals surface area contributed by atoms with Crippen LogP contribution in [0.2, 0.25) is 5.04 Å². The number of carbonyl (C=O) groups is 1. The third kappa shape index (κ3) is 4.97. The SMILES string of the molecule is COC(=O)C(C)(C)CS(=O)(=O)N[Si](c1ccccc1)(c1ccccc1)C(C)(C)C. The molecule has 0 aromatic heterocycles. The fourth-order valence-electron chi connectivity index (χ4n) is 3.76. The van der Waals surface area contributed by atoms with Gasteiger partial charge in [0.15, 0.2) is 0 Å². The molecule has 0 heterocycles. The highest BCUT2D eigenvalue weighted by Crippen LogP contribution is 2.35. The van der Waals surface area contributed by atoms with E-state index in [1.165, 1.54) is 7.11 Å².